The Balaban J connectivity index is 2.23. The van der Waals surface area contributed by atoms with Gasteiger partial charge in [-0.3, -0.25) is 0 Å². The van der Waals surface area contributed by atoms with Crippen molar-refractivity contribution in [2.45, 2.75) is 20.4 Å². The molecule has 0 bridgehead atoms. The van der Waals surface area contributed by atoms with Gasteiger partial charge in [-0.2, -0.15) is 5.26 Å². The van der Waals surface area contributed by atoms with Gasteiger partial charge < -0.3 is 4.90 Å². The summed E-state index contributed by atoms with van der Waals surface area (Å²) in [6.07, 6.45) is 0. The highest BCUT2D eigenvalue weighted by Gasteiger charge is 2.05. The molecule has 0 N–H and O–H groups in total. The average molecular weight is 250 g/mol. The lowest BCUT2D eigenvalue weighted by molar-refractivity contribution is 0.912. The van der Waals surface area contributed by atoms with E-state index in [4.69, 9.17) is 5.26 Å². The van der Waals surface area contributed by atoms with Crippen LogP contribution in [0.15, 0.2) is 42.5 Å². The van der Waals surface area contributed by atoms with Gasteiger partial charge in [0.15, 0.2) is 0 Å². The fourth-order valence-electron chi connectivity index (χ4n) is 2.13. The van der Waals surface area contributed by atoms with Gasteiger partial charge in [0, 0.05) is 19.3 Å². The molecule has 2 nitrogen and oxygen atoms in total. The molecule has 0 atom stereocenters. The van der Waals surface area contributed by atoms with E-state index in [0.29, 0.717) is 5.56 Å². The fourth-order valence-corrected chi connectivity index (χ4v) is 2.13. The summed E-state index contributed by atoms with van der Waals surface area (Å²) >= 11 is 0. The Morgan fingerprint density at radius 3 is 2.63 bits per heavy atom. The number of nitrogens with zero attached hydrogens (tertiary/aromatic N) is 2. The van der Waals surface area contributed by atoms with Gasteiger partial charge in [0.1, 0.15) is 0 Å². The zero-order valence-corrected chi connectivity index (χ0v) is 11.6. The van der Waals surface area contributed by atoms with Gasteiger partial charge in [0.05, 0.1) is 11.6 Å². The van der Waals surface area contributed by atoms with Crippen LogP contribution in [0.1, 0.15) is 22.3 Å². The van der Waals surface area contributed by atoms with Crippen molar-refractivity contribution in [3.8, 4) is 6.07 Å². The maximum absolute atomic E-state index is 8.95. The number of rotatable bonds is 3. The predicted octanol–water partition coefficient (Wildman–Crippen LogP) is 3.81. The van der Waals surface area contributed by atoms with Crippen LogP contribution in [0.3, 0.4) is 0 Å². The molecule has 0 aliphatic heterocycles. The van der Waals surface area contributed by atoms with Gasteiger partial charge in [0.25, 0.3) is 0 Å². The van der Waals surface area contributed by atoms with Crippen LogP contribution in [0, 0.1) is 25.2 Å². The Morgan fingerprint density at radius 1 is 1.11 bits per heavy atom. The van der Waals surface area contributed by atoms with Crippen molar-refractivity contribution in [2.24, 2.45) is 0 Å². The Morgan fingerprint density at radius 2 is 1.89 bits per heavy atom. The zero-order valence-electron chi connectivity index (χ0n) is 11.6. The van der Waals surface area contributed by atoms with E-state index in [0.717, 1.165) is 12.2 Å². The Labute approximate surface area is 114 Å². The Bertz CT molecular complexity index is 623. The summed E-state index contributed by atoms with van der Waals surface area (Å²) in [7, 11) is 2.05. The lowest BCUT2D eigenvalue weighted by Crippen LogP contribution is -2.17. The second-order valence-corrected chi connectivity index (χ2v) is 4.95. The molecule has 0 fully saturated rings. The van der Waals surface area contributed by atoms with Crippen LogP contribution in [0.2, 0.25) is 0 Å². The third-order valence-electron chi connectivity index (χ3n) is 3.33. The SMILES string of the molecule is Cc1ccc(C)c(CN(C)c2cccc(C#N)c2)c1. The molecule has 2 aromatic rings. The average Bonchev–Trinajstić information content (AvgIpc) is 2.43. The normalized spacial score (nSPS) is 10.0. The first kappa shape index (κ1) is 13.2. The van der Waals surface area contributed by atoms with Gasteiger partial charge in [-0.15, -0.1) is 0 Å². The van der Waals surface area contributed by atoms with Gasteiger partial charge in [-0.1, -0.05) is 29.8 Å². The monoisotopic (exact) mass is 250 g/mol. The summed E-state index contributed by atoms with van der Waals surface area (Å²) in [6, 6.07) is 16.4. The zero-order chi connectivity index (χ0) is 13.8. The van der Waals surface area contributed by atoms with Crippen LogP contribution < -0.4 is 4.90 Å². The lowest BCUT2D eigenvalue weighted by atomic mass is 10.0. The maximum atomic E-state index is 8.95. The topological polar surface area (TPSA) is 27.0 Å². The van der Waals surface area contributed by atoms with Crippen LogP contribution in [0.25, 0.3) is 0 Å². The summed E-state index contributed by atoms with van der Waals surface area (Å²) in [5.74, 6) is 0. The molecule has 0 amide bonds. The molecule has 2 aromatic carbocycles. The van der Waals surface area contributed by atoms with Crippen molar-refractivity contribution in [3.63, 3.8) is 0 Å². The second kappa shape index (κ2) is 5.58. The molecule has 0 aliphatic rings. The van der Waals surface area contributed by atoms with Crippen molar-refractivity contribution in [2.75, 3.05) is 11.9 Å². The van der Waals surface area contributed by atoms with Gasteiger partial charge >= 0.3 is 0 Å². The molecule has 0 aliphatic carbocycles. The maximum Gasteiger partial charge on any atom is 0.0992 e. The second-order valence-electron chi connectivity index (χ2n) is 4.95. The molecular weight excluding hydrogens is 232 g/mol. The molecule has 0 heterocycles. The highest BCUT2D eigenvalue weighted by Crippen LogP contribution is 2.19. The molecule has 96 valence electrons. The standard InChI is InChI=1S/C17H18N2/c1-13-7-8-14(2)16(9-13)12-19(3)17-6-4-5-15(10-17)11-18/h4-10H,12H2,1-3H3. The smallest absolute Gasteiger partial charge is 0.0992 e. The molecule has 0 unspecified atom stereocenters. The number of benzene rings is 2. The van der Waals surface area contributed by atoms with E-state index in [2.05, 4.69) is 50.1 Å². The lowest BCUT2D eigenvalue weighted by Gasteiger charge is -2.21. The summed E-state index contributed by atoms with van der Waals surface area (Å²) < 4.78 is 0. The van der Waals surface area contributed by atoms with Crippen LogP contribution in [0.4, 0.5) is 5.69 Å². The van der Waals surface area contributed by atoms with Crippen molar-refractivity contribution in [1.29, 1.82) is 5.26 Å². The molecule has 19 heavy (non-hydrogen) atoms. The summed E-state index contributed by atoms with van der Waals surface area (Å²) in [6.45, 7) is 5.09. The minimum absolute atomic E-state index is 0.699. The summed E-state index contributed by atoms with van der Waals surface area (Å²) in [4.78, 5) is 2.17. The summed E-state index contributed by atoms with van der Waals surface area (Å²) in [5.41, 5.74) is 5.67. The Hall–Kier alpha value is -2.27. The van der Waals surface area contributed by atoms with Crippen LogP contribution in [-0.4, -0.2) is 7.05 Å². The van der Waals surface area contributed by atoms with E-state index in [9.17, 15) is 0 Å². The first-order valence-corrected chi connectivity index (χ1v) is 6.37. The van der Waals surface area contributed by atoms with E-state index in [1.165, 1.54) is 16.7 Å². The number of hydrogen-bond acceptors (Lipinski definition) is 2. The van der Waals surface area contributed by atoms with Crippen molar-refractivity contribution < 1.29 is 0 Å². The third kappa shape index (κ3) is 3.14. The number of hydrogen-bond donors (Lipinski definition) is 0. The minimum atomic E-state index is 0.699. The highest BCUT2D eigenvalue weighted by molar-refractivity contribution is 5.51. The van der Waals surface area contributed by atoms with E-state index in [1.807, 2.05) is 24.3 Å². The third-order valence-corrected chi connectivity index (χ3v) is 3.33. The van der Waals surface area contributed by atoms with Crippen LogP contribution >= 0.6 is 0 Å². The van der Waals surface area contributed by atoms with E-state index in [1.54, 1.807) is 0 Å². The van der Waals surface area contributed by atoms with E-state index in [-0.39, 0.29) is 0 Å². The van der Waals surface area contributed by atoms with E-state index >= 15 is 0 Å². The molecule has 0 saturated carbocycles. The Kier molecular flexibility index (Phi) is 3.87. The predicted molar refractivity (Wildman–Crippen MR) is 79.2 cm³/mol. The largest absolute Gasteiger partial charge is 0.370 e. The molecule has 0 radical (unpaired) electrons. The van der Waals surface area contributed by atoms with Gasteiger partial charge in [-0.05, 0) is 43.2 Å². The van der Waals surface area contributed by atoms with Gasteiger partial charge in [0.2, 0.25) is 0 Å². The molecular formula is C17H18N2. The molecule has 2 heteroatoms. The fraction of sp³-hybridized carbons (Fsp3) is 0.235. The van der Waals surface area contributed by atoms with Gasteiger partial charge in [-0.25, -0.2) is 0 Å². The minimum Gasteiger partial charge on any atom is -0.370 e. The van der Waals surface area contributed by atoms with Crippen molar-refractivity contribution in [3.05, 3.63) is 64.7 Å². The first-order valence-electron chi connectivity index (χ1n) is 6.37. The highest BCUT2D eigenvalue weighted by atomic mass is 15.1. The first-order chi connectivity index (χ1) is 9.10. The number of anilines is 1. The van der Waals surface area contributed by atoms with Crippen molar-refractivity contribution in [1.82, 2.24) is 0 Å². The van der Waals surface area contributed by atoms with Crippen LogP contribution in [-0.2, 0) is 6.54 Å². The summed E-state index contributed by atoms with van der Waals surface area (Å²) in [5, 5.41) is 8.95. The quantitative estimate of drug-likeness (QED) is 0.828. The molecule has 0 aromatic heterocycles. The molecule has 2 rings (SSSR count). The molecule has 0 spiro atoms. The number of aryl methyl sites for hydroxylation is 2. The van der Waals surface area contributed by atoms with Crippen molar-refractivity contribution >= 4 is 5.69 Å². The molecule has 0 saturated heterocycles. The van der Waals surface area contributed by atoms with Crippen LogP contribution in [0.5, 0.6) is 0 Å². The number of nitriles is 1. The van der Waals surface area contributed by atoms with E-state index < -0.39 is 0 Å².